The van der Waals surface area contributed by atoms with Crippen molar-refractivity contribution in [3.8, 4) is 0 Å². The molecule has 1 heterocycles. The predicted molar refractivity (Wildman–Crippen MR) is 66.5 cm³/mol. The van der Waals surface area contributed by atoms with Crippen molar-refractivity contribution in [3.63, 3.8) is 0 Å². The van der Waals surface area contributed by atoms with E-state index < -0.39 is 60.1 Å². The van der Waals surface area contributed by atoms with Crippen molar-refractivity contribution in [2.75, 3.05) is 12.5 Å². The first-order valence-electron chi connectivity index (χ1n) is 5.47. The van der Waals surface area contributed by atoms with Crippen molar-refractivity contribution in [3.05, 3.63) is 0 Å². The maximum atomic E-state index is 11.5. The van der Waals surface area contributed by atoms with Crippen molar-refractivity contribution >= 4 is 23.0 Å². The average Bonchev–Trinajstić information content (AvgIpc) is 2.49. The first-order valence-corrected chi connectivity index (χ1v) is 10.6. The molecule has 1 aliphatic heterocycles. The maximum Gasteiger partial charge on any atom is 0.469 e. The average molecular weight is 388 g/mol. The quantitative estimate of drug-likeness (QED) is 0.232. The fraction of sp³-hybridized carbons (Fsp3) is 1.00. The van der Waals surface area contributed by atoms with E-state index in [2.05, 4.69) is 9.05 Å². The van der Waals surface area contributed by atoms with Gasteiger partial charge in [-0.15, -0.1) is 0 Å². The Morgan fingerprint density at radius 1 is 0.955 bits per heavy atom. The van der Waals surface area contributed by atoms with E-state index in [1.807, 2.05) is 0 Å². The summed E-state index contributed by atoms with van der Waals surface area (Å²) in [5, 5.41) is 19.1. The number of aliphatic hydroxyl groups is 2. The first kappa shape index (κ1) is 20.3. The second-order valence-electron chi connectivity index (χ2n) is 4.36. The first-order chi connectivity index (χ1) is 9.70. The predicted octanol–water partition coefficient (Wildman–Crippen LogP) is -2.12. The highest BCUT2D eigenvalue weighted by Crippen LogP contribution is 2.56. The molecule has 1 rings (SSSR count). The van der Waals surface area contributed by atoms with Gasteiger partial charge in [-0.1, -0.05) is 0 Å². The molecular weight excluding hydrogens is 373 g/mol. The van der Waals surface area contributed by atoms with Gasteiger partial charge in [0, 0.05) is 0 Å². The van der Waals surface area contributed by atoms with Gasteiger partial charge in [-0.2, -0.15) is 0 Å². The summed E-state index contributed by atoms with van der Waals surface area (Å²) in [4.78, 5) is 43.5. The van der Waals surface area contributed by atoms with E-state index in [-0.39, 0.29) is 0 Å². The van der Waals surface area contributed by atoms with E-state index in [9.17, 15) is 28.8 Å². The molecule has 1 saturated heterocycles. The molecule has 0 amide bonds. The van der Waals surface area contributed by atoms with Crippen molar-refractivity contribution in [2.24, 2.45) is 0 Å². The number of rotatable bonds is 7. The van der Waals surface area contributed by atoms with Gasteiger partial charge in [0.2, 0.25) is 0 Å². The highest BCUT2D eigenvalue weighted by molar-refractivity contribution is 7.70. The van der Waals surface area contributed by atoms with Gasteiger partial charge in [0.15, 0.2) is 12.2 Å². The molecule has 132 valence electrons. The molecule has 1 fully saturated rings. The summed E-state index contributed by atoms with van der Waals surface area (Å²) in [6, 6.07) is 0. The van der Waals surface area contributed by atoms with Crippen LogP contribution in [0.1, 0.15) is 0 Å². The van der Waals surface area contributed by atoms with Crippen LogP contribution in [0, 0.1) is 0 Å². The van der Waals surface area contributed by atoms with Crippen molar-refractivity contribution in [1.29, 1.82) is 0 Å². The number of phosphoric acid groups is 1. The highest BCUT2D eigenvalue weighted by Gasteiger charge is 2.47. The summed E-state index contributed by atoms with van der Waals surface area (Å²) in [6.45, 7) is -0.864. The second-order valence-corrected chi connectivity index (χ2v) is 9.55. The van der Waals surface area contributed by atoms with Gasteiger partial charge in [-0.05, 0) is 0 Å². The minimum absolute atomic E-state index is 0.864. The molecule has 0 aromatic rings. The molecule has 5 atom stereocenters. The van der Waals surface area contributed by atoms with E-state index in [1.165, 1.54) is 0 Å². The Morgan fingerprint density at radius 2 is 1.50 bits per heavy atom. The third kappa shape index (κ3) is 6.81. The molecule has 0 radical (unpaired) electrons. The number of aliphatic hydroxyl groups excluding tert-OH is 2. The topological polar surface area (TPSA) is 221 Å². The molecule has 1 unspecified atom stereocenters. The molecular formula is C6H15O13P3. The minimum atomic E-state index is -4.89. The molecule has 22 heavy (non-hydrogen) atoms. The van der Waals surface area contributed by atoms with Gasteiger partial charge in [-0.25, -0.2) is 4.57 Å². The van der Waals surface area contributed by atoms with Crippen LogP contribution in [0.2, 0.25) is 0 Å². The molecule has 0 bridgehead atoms. The number of phosphoric ester groups is 1. The summed E-state index contributed by atoms with van der Waals surface area (Å²) in [6.07, 6.45) is -7.11. The summed E-state index contributed by atoms with van der Waals surface area (Å²) in [7, 11) is -14.6. The fourth-order valence-electron chi connectivity index (χ4n) is 1.54. The lowest BCUT2D eigenvalue weighted by molar-refractivity contribution is -0.119. The van der Waals surface area contributed by atoms with Gasteiger partial charge >= 0.3 is 23.0 Å². The zero-order valence-corrected chi connectivity index (χ0v) is 13.3. The minimum Gasteiger partial charge on any atom is -0.387 e. The Balaban J connectivity index is 2.68. The number of hydrogen-bond acceptors (Lipinski definition) is 8. The van der Waals surface area contributed by atoms with Crippen LogP contribution in [-0.4, -0.2) is 71.8 Å². The molecule has 0 spiro atoms. The molecule has 16 heteroatoms. The molecule has 13 nitrogen and oxygen atoms in total. The lowest BCUT2D eigenvalue weighted by Crippen LogP contribution is -2.34. The van der Waals surface area contributed by atoms with Crippen LogP contribution in [0.4, 0.5) is 0 Å². The molecule has 0 aromatic heterocycles. The van der Waals surface area contributed by atoms with Crippen LogP contribution in [0.15, 0.2) is 0 Å². The zero-order valence-electron chi connectivity index (χ0n) is 10.6. The van der Waals surface area contributed by atoms with Crippen LogP contribution in [0.25, 0.3) is 0 Å². The summed E-state index contributed by atoms with van der Waals surface area (Å²) >= 11 is 0. The monoisotopic (exact) mass is 388 g/mol. The van der Waals surface area contributed by atoms with Gasteiger partial charge < -0.3 is 39.4 Å². The molecule has 0 aliphatic carbocycles. The standard InChI is InChI=1S/C6H15O13P3/c7-4-3(1-17-22(14,15)16)18-6(5(4)8)19-21(12,13)2-20(9,10)11/h3-8H,1-2H2,(H,12,13)(H2,9,10,11)(H2,14,15,16)/t3-,4-,5+,6-/m0/s1. The smallest absolute Gasteiger partial charge is 0.387 e. The Labute approximate surface area is 123 Å². The van der Waals surface area contributed by atoms with Crippen molar-refractivity contribution < 1.29 is 62.2 Å². The Hall–Kier alpha value is 0.290. The highest BCUT2D eigenvalue weighted by atomic mass is 31.2. The Kier molecular flexibility index (Phi) is 6.51. The van der Waals surface area contributed by atoms with E-state index in [4.69, 9.17) is 24.3 Å². The fourth-order valence-corrected chi connectivity index (χ4v) is 4.51. The van der Waals surface area contributed by atoms with Gasteiger partial charge in [0.05, 0.1) is 6.61 Å². The normalized spacial score (nSPS) is 32.9. The van der Waals surface area contributed by atoms with Crippen molar-refractivity contribution in [1.82, 2.24) is 0 Å². The van der Waals surface area contributed by atoms with Gasteiger partial charge in [0.1, 0.15) is 18.3 Å². The molecule has 7 N–H and O–H groups in total. The van der Waals surface area contributed by atoms with Gasteiger partial charge in [0.25, 0.3) is 0 Å². The third-order valence-corrected chi connectivity index (χ3v) is 6.28. The summed E-state index contributed by atoms with van der Waals surface area (Å²) in [5.41, 5.74) is 0. The van der Waals surface area contributed by atoms with Crippen LogP contribution >= 0.6 is 23.0 Å². The number of ether oxygens (including phenoxy) is 1. The molecule has 1 aliphatic rings. The van der Waals surface area contributed by atoms with Crippen LogP contribution in [0.5, 0.6) is 0 Å². The summed E-state index contributed by atoms with van der Waals surface area (Å²) in [5.74, 6) is -1.54. The summed E-state index contributed by atoms with van der Waals surface area (Å²) < 4.78 is 45.8. The van der Waals surface area contributed by atoms with E-state index in [0.29, 0.717) is 0 Å². The van der Waals surface area contributed by atoms with E-state index in [1.54, 1.807) is 0 Å². The van der Waals surface area contributed by atoms with Crippen LogP contribution in [0.3, 0.4) is 0 Å². The molecule has 0 aromatic carbocycles. The van der Waals surface area contributed by atoms with Crippen LogP contribution < -0.4 is 0 Å². The maximum absolute atomic E-state index is 11.5. The van der Waals surface area contributed by atoms with Crippen LogP contribution in [-0.2, 0) is 27.5 Å². The lowest BCUT2D eigenvalue weighted by Gasteiger charge is -2.19. The second kappa shape index (κ2) is 7.04. The Morgan fingerprint density at radius 3 is 1.95 bits per heavy atom. The zero-order chi connectivity index (χ0) is 17.3. The number of hydrogen-bond donors (Lipinski definition) is 7. The lowest BCUT2D eigenvalue weighted by atomic mass is 10.1. The van der Waals surface area contributed by atoms with Crippen molar-refractivity contribution in [2.45, 2.75) is 24.6 Å². The third-order valence-electron chi connectivity index (χ3n) is 2.36. The van der Waals surface area contributed by atoms with E-state index >= 15 is 0 Å². The Bertz CT molecular complexity index is 522. The largest absolute Gasteiger partial charge is 0.469 e. The molecule has 0 saturated carbocycles. The SMILES string of the molecule is O=P(O)(O)CP(=O)(O)O[C@@H]1O[C@@H](COP(=O)(O)O)[C@H](O)[C@H]1O. The van der Waals surface area contributed by atoms with E-state index in [0.717, 1.165) is 0 Å². The van der Waals surface area contributed by atoms with Gasteiger partial charge in [-0.3, -0.25) is 18.2 Å².